The molecule has 0 radical (unpaired) electrons. The van der Waals surface area contributed by atoms with Gasteiger partial charge in [-0.1, -0.05) is 0 Å². The van der Waals surface area contributed by atoms with Gasteiger partial charge in [0.2, 0.25) is 11.8 Å². The summed E-state index contributed by atoms with van der Waals surface area (Å²) in [5.41, 5.74) is 2.15. The third-order valence-corrected chi connectivity index (χ3v) is 12.7. The molecule has 5 amide bonds. The average molecular weight is 827 g/mol. The average Bonchev–Trinajstić information content (AvgIpc) is 3.56. The summed E-state index contributed by atoms with van der Waals surface area (Å²) < 4.78 is 40.9. The Hall–Kier alpha value is -5.89. The fourth-order valence-electron chi connectivity index (χ4n) is 9.31. The first kappa shape index (κ1) is 40.9. The van der Waals surface area contributed by atoms with Crippen LogP contribution in [0.4, 0.5) is 40.8 Å². The summed E-state index contributed by atoms with van der Waals surface area (Å²) in [6.45, 7) is 11.2. The number of aromatic nitrogens is 1. The van der Waals surface area contributed by atoms with Gasteiger partial charge in [-0.05, 0) is 93.1 Å². The van der Waals surface area contributed by atoms with Crippen molar-refractivity contribution in [3.8, 4) is 6.07 Å². The van der Waals surface area contributed by atoms with Crippen molar-refractivity contribution in [1.82, 2.24) is 25.0 Å². The first-order valence-corrected chi connectivity index (χ1v) is 20.7. The van der Waals surface area contributed by atoms with E-state index in [0.29, 0.717) is 48.9 Å². The van der Waals surface area contributed by atoms with E-state index in [2.05, 4.69) is 36.4 Å². The molecule has 3 atom stereocenters. The molecule has 316 valence electrons. The predicted molar refractivity (Wildman–Crippen MR) is 218 cm³/mol. The van der Waals surface area contributed by atoms with Crippen molar-refractivity contribution in [1.29, 1.82) is 5.26 Å². The van der Waals surface area contributed by atoms with Crippen molar-refractivity contribution in [3.05, 3.63) is 77.0 Å². The van der Waals surface area contributed by atoms with E-state index in [1.807, 2.05) is 43.0 Å². The quantitative estimate of drug-likeness (QED) is 0.315. The van der Waals surface area contributed by atoms with Gasteiger partial charge in [-0.3, -0.25) is 24.6 Å². The zero-order valence-corrected chi connectivity index (χ0v) is 33.7. The number of nitrogens with one attached hydrogen (secondary N) is 2. The van der Waals surface area contributed by atoms with Crippen molar-refractivity contribution < 1.29 is 32.3 Å². The molecule has 4 saturated heterocycles. The molecule has 2 N–H and O–H groups in total. The van der Waals surface area contributed by atoms with Crippen LogP contribution in [-0.4, -0.2) is 120 Å². The molecule has 6 heterocycles. The van der Waals surface area contributed by atoms with Crippen LogP contribution in [0.15, 0.2) is 54.7 Å². The minimum Gasteiger partial charge on any atom is -0.369 e. The van der Waals surface area contributed by atoms with E-state index in [9.17, 15) is 37.6 Å². The molecule has 3 aromatic rings. The van der Waals surface area contributed by atoms with E-state index in [1.54, 1.807) is 22.1 Å². The van der Waals surface area contributed by atoms with E-state index < -0.39 is 29.3 Å². The molecule has 8 rings (SSSR count). The minimum atomic E-state index is -4.65. The summed E-state index contributed by atoms with van der Waals surface area (Å²) in [5.74, 6) is 0.572. The number of fused-ring (bicyclic) bond motifs is 1. The highest BCUT2D eigenvalue weighted by atomic mass is 19.4. The van der Waals surface area contributed by atoms with Gasteiger partial charge in [-0.25, -0.2) is 9.78 Å². The lowest BCUT2D eigenvalue weighted by atomic mass is 9.96. The zero-order chi connectivity index (χ0) is 42.3. The number of urea groups is 1. The molecule has 17 heteroatoms. The highest BCUT2D eigenvalue weighted by Gasteiger charge is 2.40. The summed E-state index contributed by atoms with van der Waals surface area (Å²) >= 11 is 0. The minimum absolute atomic E-state index is 0.159. The van der Waals surface area contributed by atoms with Crippen molar-refractivity contribution in [2.24, 2.45) is 5.92 Å². The molecular formula is C43H49F3N10O4. The maximum Gasteiger partial charge on any atom is 0.417 e. The van der Waals surface area contributed by atoms with Gasteiger partial charge in [0.25, 0.3) is 5.91 Å². The van der Waals surface area contributed by atoms with Gasteiger partial charge in [0.1, 0.15) is 11.9 Å². The third kappa shape index (κ3) is 8.43. The van der Waals surface area contributed by atoms with Crippen LogP contribution in [0.25, 0.3) is 0 Å². The van der Waals surface area contributed by atoms with Gasteiger partial charge in [-0.2, -0.15) is 18.4 Å². The number of carbonyl (C=O) groups excluding carboxylic acids is 4. The van der Waals surface area contributed by atoms with Crippen LogP contribution in [0, 0.1) is 17.2 Å². The monoisotopic (exact) mass is 826 g/mol. The number of anilines is 4. The van der Waals surface area contributed by atoms with Gasteiger partial charge >= 0.3 is 12.2 Å². The Labute approximate surface area is 346 Å². The van der Waals surface area contributed by atoms with Crippen LogP contribution in [0.3, 0.4) is 0 Å². The molecule has 60 heavy (non-hydrogen) atoms. The second-order valence-corrected chi connectivity index (χ2v) is 16.6. The topological polar surface area (TPSA) is 148 Å². The van der Waals surface area contributed by atoms with Gasteiger partial charge in [0, 0.05) is 101 Å². The number of nitriles is 1. The lowest BCUT2D eigenvalue weighted by Gasteiger charge is -2.45. The van der Waals surface area contributed by atoms with Crippen LogP contribution in [-0.2, 0) is 22.3 Å². The standard InChI is InChI=1S/C43H49F3N10O4/c1-27-24-55(28(2)23-54(27)34-5-3-30(21-47)36(20-34)43(44,45)46)42(60)49-32-4-9-38(48-22-32)53-13-11-29(12-14-53)25-51-15-17-52(18-16-51)33-6-7-35-31(19-33)26-56(41(35)59)37-8-10-39(57)50-40(37)58/h3-7,9,19-20,22,27-29,37H,8,10-18,23-26H2,1-2H3,(H,49,60)(H,50,57,58)/t27-,28+,37-/m0/s1. The second kappa shape index (κ2) is 16.6. The molecule has 2 aromatic carbocycles. The highest BCUT2D eigenvalue weighted by molar-refractivity contribution is 6.05. The van der Waals surface area contributed by atoms with Crippen LogP contribution < -0.4 is 25.3 Å². The van der Waals surface area contributed by atoms with Crippen LogP contribution >= 0.6 is 0 Å². The molecule has 0 aliphatic carbocycles. The van der Waals surface area contributed by atoms with Gasteiger partial charge < -0.3 is 29.8 Å². The number of imide groups is 1. The Morgan fingerprint density at radius 3 is 2.32 bits per heavy atom. The Kier molecular flexibility index (Phi) is 11.3. The van der Waals surface area contributed by atoms with Gasteiger partial charge in [-0.15, -0.1) is 0 Å². The Balaban J connectivity index is 0.773. The number of pyridine rings is 1. The molecule has 14 nitrogen and oxygen atoms in total. The number of alkyl halides is 3. The molecule has 5 aliphatic rings. The van der Waals surface area contributed by atoms with Crippen molar-refractivity contribution in [2.45, 2.75) is 70.4 Å². The van der Waals surface area contributed by atoms with E-state index >= 15 is 0 Å². The molecule has 0 bridgehead atoms. The number of halogens is 3. The number of piperazine rings is 2. The molecule has 5 aliphatic heterocycles. The molecule has 1 aromatic heterocycles. The zero-order valence-electron chi connectivity index (χ0n) is 33.7. The van der Waals surface area contributed by atoms with Crippen molar-refractivity contribution in [2.75, 3.05) is 78.9 Å². The van der Waals surface area contributed by atoms with Crippen LogP contribution in [0.5, 0.6) is 0 Å². The Morgan fingerprint density at radius 1 is 0.883 bits per heavy atom. The SMILES string of the molecule is C[C@@H]1CN(c2ccc(C#N)c(C(F)(F)F)c2)[C@@H](C)CN1C(=O)Nc1ccc(N2CCC(CN3CCN(c4ccc5c(c4)CN([C@H]4CCC(=O)NC4=O)C5=O)CC3)CC2)nc1. The smallest absolute Gasteiger partial charge is 0.369 e. The first-order chi connectivity index (χ1) is 28.7. The fraction of sp³-hybridized carbons (Fsp3) is 0.488. The molecular weight excluding hydrogens is 778 g/mol. The number of hydrogen-bond acceptors (Lipinski definition) is 10. The third-order valence-electron chi connectivity index (χ3n) is 12.7. The lowest BCUT2D eigenvalue weighted by Crippen LogP contribution is -2.59. The van der Waals surface area contributed by atoms with Crippen molar-refractivity contribution in [3.63, 3.8) is 0 Å². The molecule has 0 unspecified atom stereocenters. The highest BCUT2D eigenvalue weighted by Crippen LogP contribution is 2.36. The summed E-state index contributed by atoms with van der Waals surface area (Å²) in [4.78, 5) is 67.5. The van der Waals surface area contributed by atoms with E-state index in [4.69, 9.17) is 0 Å². The van der Waals surface area contributed by atoms with Gasteiger partial charge in [0.05, 0.1) is 29.1 Å². The molecule has 0 spiro atoms. The van der Waals surface area contributed by atoms with Crippen molar-refractivity contribution >= 4 is 46.6 Å². The number of nitrogens with zero attached hydrogens (tertiary/aromatic N) is 8. The Bertz CT molecular complexity index is 2180. The van der Waals surface area contributed by atoms with Crippen LogP contribution in [0.1, 0.15) is 66.6 Å². The number of benzene rings is 2. The summed E-state index contributed by atoms with van der Waals surface area (Å²) in [6.07, 6.45) is -0.317. The fourth-order valence-corrected chi connectivity index (χ4v) is 9.31. The maximum atomic E-state index is 13.6. The predicted octanol–water partition coefficient (Wildman–Crippen LogP) is 4.90. The van der Waals surface area contributed by atoms with E-state index in [0.717, 1.165) is 81.8 Å². The number of rotatable bonds is 7. The number of amides is 5. The van der Waals surface area contributed by atoms with Crippen LogP contribution in [0.2, 0.25) is 0 Å². The second-order valence-electron chi connectivity index (χ2n) is 16.6. The summed E-state index contributed by atoms with van der Waals surface area (Å²) in [7, 11) is 0. The van der Waals surface area contributed by atoms with E-state index in [-0.39, 0.29) is 36.3 Å². The first-order valence-electron chi connectivity index (χ1n) is 20.7. The van der Waals surface area contributed by atoms with Gasteiger partial charge in [0.15, 0.2) is 0 Å². The maximum absolute atomic E-state index is 13.6. The summed E-state index contributed by atoms with van der Waals surface area (Å²) in [6, 6.07) is 13.6. The number of piperidine rings is 2. The summed E-state index contributed by atoms with van der Waals surface area (Å²) in [5, 5.41) is 14.5. The number of carbonyl (C=O) groups is 4. The number of hydrogen-bond donors (Lipinski definition) is 2. The molecule has 4 fully saturated rings. The molecule has 0 saturated carbocycles. The Morgan fingerprint density at radius 2 is 1.63 bits per heavy atom. The lowest BCUT2D eigenvalue weighted by molar-refractivity contribution is -0.138. The normalized spacial score (nSPS) is 23.1. The largest absolute Gasteiger partial charge is 0.417 e. The van der Waals surface area contributed by atoms with E-state index in [1.165, 1.54) is 12.1 Å².